The molecule has 4 N–H and O–H groups in total. The molecule has 0 aliphatic heterocycles. The number of hydrogen-bond acceptors (Lipinski definition) is 4. The van der Waals surface area contributed by atoms with Gasteiger partial charge in [0.15, 0.2) is 0 Å². The van der Waals surface area contributed by atoms with E-state index >= 15 is 0 Å². The van der Waals surface area contributed by atoms with E-state index in [1.54, 1.807) is 0 Å². The summed E-state index contributed by atoms with van der Waals surface area (Å²) < 4.78 is 4.91. The Labute approximate surface area is 60.6 Å². The highest BCUT2D eigenvalue weighted by Gasteiger charge is 2.01. The van der Waals surface area contributed by atoms with Crippen LogP contribution in [0.2, 0.25) is 0 Å². The summed E-state index contributed by atoms with van der Waals surface area (Å²) in [6.45, 7) is 2.11. The van der Waals surface area contributed by atoms with E-state index in [0.717, 1.165) is 0 Å². The summed E-state index contributed by atoms with van der Waals surface area (Å²) in [6.07, 6.45) is -0.779. The molecule has 0 spiro atoms. The molecule has 0 heterocycles. The Morgan fingerprint density at radius 1 is 1.50 bits per heavy atom. The summed E-state index contributed by atoms with van der Waals surface area (Å²) in [5.41, 5.74) is 5.35. The number of hydrogen-bond donors (Lipinski definition) is 3. The normalized spacial score (nSPS) is 16.8. The zero-order valence-electron chi connectivity index (χ0n) is 6.16. The van der Waals surface area contributed by atoms with E-state index < -0.39 is 6.10 Å². The molecule has 4 nitrogen and oxygen atoms in total. The molecule has 0 fully saturated rings. The molecular formula is C6H15NO3. The molecule has 0 amide bonds. The third-order valence-corrected chi connectivity index (χ3v) is 0.902. The third-order valence-electron chi connectivity index (χ3n) is 0.902. The Hall–Kier alpha value is -0.160. The Balaban J connectivity index is 3.03. The van der Waals surface area contributed by atoms with Crippen molar-refractivity contribution >= 4 is 0 Å². The molecule has 0 aromatic heterocycles. The first-order valence-corrected chi connectivity index (χ1v) is 3.29. The van der Waals surface area contributed by atoms with Crippen molar-refractivity contribution in [3.8, 4) is 0 Å². The van der Waals surface area contributed by atoms with Crippen LogP contribution >= 0.6 is 0 Å². The number of nitrogens with two attached hydrogens (primary N) is 1. The van der Waals surface area contributed by atoms with E-state index in [-0.39, 0.29) is 19.3 Å². The van der Waals surface area contributed by atoms with Crippen LogP contribution in [0.4, 0.5) is 0 Å². The van der Waals surface area contributed by atoms with Crippen LogP contribution in [-0.4, -0.2) is 42.2 Å². The van der Waals surface area contributed by atoms with Gasteiger partial charge in [-0.3, -0.25) is 0 Å². The van der Waals surface area contributed by atoms with Crippen molar-refractivity contribution in [2.24, 2.45) is 5.73 Å². The smallest absolute Gasteiger partial charge is 0.100 e. The fourth-order valence-corrected chi connectivity index (χ4v) is 0.443. The van der Waals surface area contributed by atoms with Gasteiger partial charge in [-0.1, -0.05) is 0 Å². The van der Waals surface area contributed by atoms with Gasteiger partial charge in [-0.05, 0) is 6.92 Å². The Kier molecular flexibility index (Phi) is 5.52. The molecule has 4 heteroatoms. The number of aliphatic hydroxyl groups excluding tert-OH is 2. The third kappa shape index (κ3) is 5.97. The van der Waals surface area contributed by atoms with Crippen molar-refractivity contribution < 1.29 is 14.9 Å². The maximum absolute atomic E-state index is 8.75. The topological polar surface area (TPSA) is 75.7 Å². The minimum absolute atomic E-state index is 0.0223. The minimum Gasteiger partial charge on any atom is -0.394 e. The maximum atomic E-state index is 8.75. The minimum atomic E-state index is -0.779. The van der Waals surface area contributed by atoms with Crippen molar-refractivity contribution in [3.63, 3.8) is 0 Å². The second-order valence-corrected chi connectivity index (χ2v) is 2.35. The summed E-state index contributed by atoms with van der Waals surface area (Å²) in [4.78, 5) is 0. The molecule has 10 heavy (non-hydrogen) atoms. The lowest BCUT2D eigenvalue weighted by molar-refractivity contribution is 0.00358. The van der Waals surface area contributed by atoms with E-state index in [4.69, 9.17) is 20.7 Å². The molecule has 0 rings (SSSR count). The van der Waals surface area contributed by atoms with Crippen LogP contribution in [0.5, 0.6) is 0 Å². The highest BCUT2D eigenvalue weighted by molar-refractivity contribution is 4.52. The van der Waals surface area contributed by atoms with E-state index in [2.05, 4.69) is 0 Å². The summed E-state index contributed by atoms with van der Waals surface area (Å²) in [6, 6.07) is -0.0223. The second kappa shape index (κ2) is 5.61. The molecule has 0 bridgehead atoms. The molecular weight excluding hydrogens is 134 g/mol. The Morgan fingerprint density at radius 2 is 2.10 bits per heavy atom. The number of rotatable bonds is 5. The van der Waals surface area contributed by atoms with Crippen LogP contribution < -0.4 is 5.73 Å². The average molecular weight is 149 g/mol. The second-order valence-electron chi connectivity index (χ2n) is 2.35. The van der Waals surface area contributed by atoms with Gasteiger partial charge in [-0.2, -0.15) is 0 Å². The van der Waals surface area contributed by atoms with Gasteiger partial charge < -0.3 is 20.7 Å². The molecule has 0 aromatic carbocycles. The molecule has 0 radical (unpaired) electrons. The van der Waals surface area contributed by atoms with Crippen LogP contribution in [-0.2, 0) is 4.74 Å². The first kappa shape index (κ1) is 9.84. The first-order chi connectivity index (χ1) is 4.66. The van der Waals surface area contributed by atoms with Gasteiger partial charge in [0.25, 0.3) is 0 Å². The lowest BCUT2D eigenvalue weighted by atomic mass is 10.4. The average Bonchev–Trinajstić information content (AvgIpc) is 1.87. The zero-order valence-corrected chi connectivity index (χ0v) is 6.16. The number of aliphatic hydroxyl groups is 2. The van der Waals surface area contributed by atoms with Crippen LogP contribution in [0.25, 0.3) is 0 Å². The van der Waals surface area contributed by atoms with E-state index in [1.165, 1.54) is 0 Å². The highest BCUT2D eigenvalue weighted by atomic mass is 16.5. The fraction of sp³-hybridized carbons (Fsp3) is 1.00. The van der Waals surface area contributed by atoms with Crippen molar-refractivity contribution in [1.29, 1.82) is 0 Å². The maximum Gasteiger partial charge on any atom is 0.100 e. The van der Waals surface area contributed by atoms with Crippen LogP contribution in [0.15, 0.2) is 0 Å². The SMILES string of the molecule is CC(N)COCC(O)CO. The molecule has 0 saturated carbocycles. The lowest BCUT2D eigenvalue weighted by Crippen LogP contribution is -2.26. The van der Waals surface area contributed by atoms with E-state index in [1.807, 2.05) is 6.92 Å². The van der Waals surface area contributed by atoms with Crippen LogP contribution in [0.3, 0.4) is 0 Å². The lowest BCUT2D eigenvalue weighted by Gasteiger charge is -2.09. The van der Waals surface area contributed by atoms with Gasteiger partial charge in [-0.25, -0.2) is 0 Å². The Morgan fingerprint density at radius 3 is 2.50 bits per heavy atom. The molecule has 0 saturated heterocycles. The van der Waals surface area contributed by atoms with Crippen molar-refractivity contribution in [1.82, 2.24) is 0 Å². The molecule has 0 aliphatic rings. The van der Waals surface area contributed by atoms with Gasteiger partial charge in [0, 0.05) is 6.04 Å². The Bertz CT molecular complexity index is 77.4. The van der Waals surface area contributed by atoms with Gasteiger partial charge in [0.05, 0.1) is 19.8 Å². The molecule has 0 aliphatic carbocycles. The first-order valence-electron chi connectivity index (χ1n) is 3.29. The summed E-state index contributed by atoms with van der Waals surface area (Å²) in [5, 5.41) is 17.1. The van der Waals surface area contributed by atoms with Crippen molar-refractivity contribution in [3.05, 3.63) is 0 Å². The van der Waals surface area contributed by atoms with Gasteiger partial charge in [0.2, 0.25) is 0 Å². The standard InChI is InChI=1S/C6H15NO3/c1-5(7)3-10-4-6(9)2-8/h5-6,8-9H,2-4,7H2,1H3. The van der Waals surface area contributed by atoms with Crippen molar-refractivity contribution in [2.45, 2.75) is 19.1 Å². The van der Waals surface area contributed by atoms with E-state index in [0.29, 0.717) is 6.61 Å². The van der Waals surface area contributed by atoms with Crippen LogP contribution in [0.1, 0.15) is 6.92 Å². The predicted molar refractivity (Wildman–Crippen MR) is 37.6 cm³/mol. The van der Waals surface area contributed by atoms with Gasteiger partial charge in [-0.15, -0.1) is 0 Å². The summed E-state index contributed by atoms with van der Waals surface area (Å²) >= 11 is 0. The quantitative estimate of drug-likeness (QED) is 0.454. The molecule has 2 unspecified atom stereocenters. The summed E-state index contributed by atoms with van der Waals surface area (Å²) in [7, 11) is 0. The van der Waals surface area contributed by atoms with Crippen LogP contribution in [0, 0.1) is 0 Å². The largest absolute Gasteiger partial charge is 0.394 e. The highest BCUT2D eigenvalue weighted by Crippen LogP contribution is 1.84. The number of ether oxygens (including phenoxy) is 1. The zero-order chi connectivity index (χ0) is 7.98. The molecule has 2 atom stereocenters. The van der Waals surface area contributed by atoms with E-state index in [9.17, 15) is 0 Å². The summed E-state index contributed by atoms with van der Waals surface area (Å²) in [5.74, 6) is 0. The van der Waals surface area contributed by atoms with Crippen molar-refractivity contribution in [2.75, 3.05) is 19.8 Å². The van der Waals surface area contributed by atoms with Gasteiger partial charge >= 0.3 is 0 Å². The molecule has 62 valence electrons. The van der Waals surface area contributed by atoms with Gasteiger partial charge in [0.1, 0.15) is 6.10 Å². The predicted octanol–water partition coefficient (Wildman–Crippen LogP) is -1.30. The monoisotopic (exact) mass is 149 g/mol. The molecule has 0 aromatic rings. The fourth-order valence-electron chi connectivity index (χ4n) is 0.443.